The van der Waals surface area contributed by atoms with Gasteiger partial charge in [-0.3, -0.25) is 9.78 Å². The first kappa shape index (κ1) is 22.9. The topological polar surface area (TPSA) is 128 Å². The summed E-state index contributed by atoms with van der Waals surface area (Å²) in [5.41, 5.74) is 2.92. The first-order valence-electron chi connectivity index (χ1n) is 10.0. The van der Waals surface area contributed by atoms with Gasteiger partial charge < -0.3 is 9.73 Å². The molecule has 3 heterocycles. The Labute approximate surface area is 195 Å². The van der Waals surface area contributed by atoms with Crippen LogP contribution in [-0.2, 0) is 10.0 Å². The quantitative estimate of drug-likeness (QED) is 0.403. The molecule has 1 atom stereocenters. The van der Waals surface area contributed by atoms with E-state index in [1.165, 1.54) is 12.1 Å². The van der Waals surface area contributed by atoms with Crippen molar-refractivity contribution < 1.29 is 12.8 Å². The summed E-state index contributed by atoms with van der Waals surface area (Å²) in [7, 11) is -4.13. The average molecular weight is 485 g/mol. The van der Waals surface area contributed by atoms with Crippen LogP contribution in [0.1, 0.15) is 29.7 Å². The van der Waals surface area contributed by atoms with Crippen molar-refractivity contribution in [3.05, 3.63) is 80.7 Å². The van der Waals surface area contributed by atoms with Crippen LogP contribution >= 0.6 is 11.6 Å². The molecule has 1 aromatic carbocycles. The molecule has 4 aromatic rings. The van der Waals surface area contributed by atoms with Crippen molar-refractivity contribution in [2.24, 2.45) is 5.14 Å². The van der Waals surface area contributed by atoms with Crippen molar-refractivity contribution in [3.8, 4) is 11.5 Å². The highest BCUT2D eigenvalue weighted by Crippen LogP contribution is 2.32. The third-order valence-corrected chi connectivity index (χ3v) is 6.28. The van der Waals surface area contributed by atoms with E-state index in [-0.39, 0.29) is 21.3 Å². The number of primary sulfonamides is 1. The number of nitrogens with two attached hydrogens (primary N) is 1. The molecule has 33 heavy (non-hydrogen) atoms. The minimum atomic E-state index is -4.13. The molecule has 0 fully saturated rings. The molecule has 0 saturated carbocycles. The Morgan fingerprint density at radius 2 is 1.91 bits per heavy atom. The maximum atomic E-state index is 13.2. The summed E-state index contributed by atoms with van der Waals surface area (Å²) in [6, 6.07) is 11.5. The standard InChI is InChI=1S/C23H21ClN4O4S/c1-12-10-15(14(3)27-18-7-8-19(24)28-23(18)33(25,30)31)22-16(11-12)20(29)13(2)21(32-22)17-6-4-5-9-26-17/h4-11,14,27H,1-3H3,(H2,25,30,31)/t14-/m1/s1. The third kappa shape index (κ3) is 4.47. The van der Waals surface area contributed by atoms with E-state index >= 15 is 0 Å². The number of fused-ring (bicyclic) bond motifs is 1. The van der Waals surface area contributed by atoms with E-state index in [1.54, 1.807) is 31.3 Å². The lowest BCUT2D eigenvalue weighted by Gasteiger charge is -2.20. The van der Waals surface area contributed by atoms with Crippen molar-refractivity contribution in [2.75, 3.05) is 5.32 Å². The molecule has 170 valence electrons. The molecular weight excluding hydrogens is 464 g/mol. The molecule has 0 spiro atoms. The zero-order valence-corrected chi connectivity index (χ0v) is 19.7. The van der Waals surface area contributed by atoms with Gasteiger partial charge in [-0.1, -0.05) is 23.7 Å². The summed E-state index contributed by atoms with van der Waals surface area (Å²) in [4.78, 5) is 21.4. The van der Waals surface area contributed by atoms with Crippen LogP contribution in [0.15, 0.2) is 62.9 Å². The van der Waals surface area contributed by atoms with E-state index in [2.05, 4.69) is 15.3 Å². The number of pyridine rings is 2. The summed E-state index contributed by atoms with van der Waals surface area (Å²) >= 11 is 5.87. The number of sulfonamides is 1. The maximum absolute atomic E-state index is 13.2. The van der Waals surface area contributed by atoms with E-state index in [1.807, 2.05) is 26.0 Å². The first-order valence-corrected chi connectivity index (χ1v) is 11.9. The number of rotatable bonds is 5. The Bertz CT molecular complexity index is 1540. The summed E-state index contributed by atoms with van der Waals surface area (Å²) in [5.74, 6) is 0.379. The molecule has 0 aliphatic carbocycles. The smallest absolute Gasteiger partial charge is 0.257 e. The van der Waals surface area contributed by atoms with Gasteiger partial charge in [0.15, 0.2) is 16.2 Å². The number of benzene rings is 1. The largest absolute Gasteiger partial charge is 0.454 e. The number of hydrogen-bond acceptors (Lipinski definition) is 7. The van der Waals surface area contributed by atoms with Crippen LogP contribution in [0.25, 0.3) is 22.4 Å². The van der Waals surface area contributed by atoms with Crippen LogP contribution in [0.5, 0.6) is 0 Å². The predicted molar refractivity (Wildman–Crippen MR) is 128 cm³/mol. The van der Waals surface area contributed by atoms with E-state index in [4.69, 9.17) is 21.2 Å². The van der Waals surface area contributed by atoms with Gasteiger partial charge in [0.25, 0.3) is 10.0 Å². The molecule has 4 rings (SSSR count). The van der Waals surface area contributed by atoms with Crippen LogP contribution in [0, 0.1) is 13.8 Å². The lowest BCUT2D eigenvalue weighted by Crippen LogP contribution is -2.18. The molecule has 0 radical (unpaired) electrons. The van der Waals surface area contributed by atoms with E-state index in [0.29, 0.717) is 33.6 Å². The number of nitrogens with one attached hydrogen (secondary N) is 1. The fourth-order valence-corrected chi connectivity index (χ4v) is 4.54. The van der Waals surface area contributed by atoms with E-state index in [9.17, 15) is 13.2 Å². The van der Waals surface area contributed by atoms with E-state index in [0.717, 1.165) is 5.56 Å². The molecule has 3 N–H and O–H groups in total. The van der Waals surface area contributed by atoms with Gasteiger partial charge >= 0.3 is 0 Å². The SMILES string of the molecule is Cc1cc([C@@H](C)Nc2ccc(Cl)nc2S(N)(=O)=O)c2oc(-c3ccccn3)c(C)c(=O)c2c1. The van der Waals surface area contributed by atoms with Crippen molar-refractivity contribution in [1.29, 1.82) is 0 Å². The monoisotopic (exact) mass is 484 g/mol. The Kier molecular flexibility index (Phi) is 5.96. The highest BCUT2D eigenvalue weighted by Gasteiger charge is 2.22. The molecule has 8 nitrogen and oxygen atoms in total. The van der Waals surface area contributed by atoms with Gasteiger partial charge in [-0.15, -0.1) is 0 Å². The number of nitrogens with zero attached hydrogens (tertiary/aromatic N) is 2. The van der Waals surface area contributed by atoms with Gasteiger partial charge in [0.2, 0.25) is 0 Å². The molecular formula is C23H21ClN4O4S. The second-order valence-corrected chi connectivity index (χ2v) is 9.59. The molecule has 0 amide bonds. The van der Waals surface area contributed by atoms with Gasteiger partial charge in [0.05, 0.1) is 17.1 Å². The molecule has 0 unspecified atom stereocenters. The Balaban J connectivity index is 1.90. The van der Waals surface area contributed by atoms with Crippen LogP contribution in [-0.4, -0.2) is 18.4 Å². The van der Waals surface area contributed by atoms with Gasteiger partial charge in [-0.2, -0.15) is 0 Å². The molecule has 0 saturated heterocycles. The Morgan fingerprint density at radius 1 is 1.15 bits per heavy atom. The first-order chi connectivity index (χ1) is 15.6. The van der Waals surface area contributed by atoms with Crippen molar-refractivity contribution in [1.82, 2.24) is 9.97 Å². The summed E-state index contributed by atoms with van der Waals surface area (Å²) in [5, 5.41) is 8.49. The third-order valence-electron chi connectivity index (χ3n) is 5.22. The van der Waals surface area contributed by atoms with Crippen LogP contribution < -0.4 is 15.9 Å². The van der Waals surface area contributed by atoms with Crippen LogP contribution in [0.4, 0.5) is 5.69 Å². The zero-order chi connectivity index (χ0) is 23.9. The number of halogens is 1. The van der Waals surface area contributed by atoms with Crippen LogP contribution in [0.3, 0.4) is 0 Å². The van der Waals surface area contributed by atoms with Gasteiger partial charge in [0.1, 0.15) is 16.4 Å². The maximum Gasteiger partial charge on any atom is 0.257 e. The van der Waals surface area contributed by atoms with Gasteiger partial charge in [-0.05, 0) is 56.7 Å². The Hall–Kier alpha value is -3.27. The second kappa shape index (κ2) is 8.58. The number of anilines is 1. The second-order valence-electron chi connectivity index (χ2n) is 7.73. The zero-order valence-electron chi connectivity index (χ0n) is 18.1. The molecule has 3 aromatic heterocycles. The molecule has 10 heteroatoms. The minimum Gasteiger partial charge on any atom is -0.454 e. The lowest BCUT2D eigenvalue weighted by atomic mass is 9.99. The molecule has 0 aliphatic rings. The lowest BCUT2D eigenvalue weighted by molar-refractivity contribution is 0.594. The fourth-order valence-electron chi connectivity index (χ4n) is 3.69. The van der Waals surface area contributed by atoms with E-state index < -0.39 is 16.1 Å². The Morgan fingerprint density at radius 3 is 2.58 bits per heavy atom. The van der Waals surface area contributed by atoms with Gasteiger partial charge in [-0.25, -0.2) is 18.5 Å². The van der Waals surface area contributed by atoms with Crippen molar-refractivity contribution in [3.63, 3.8) is 0 Å². The predicted octanol–water partition coefficient (Wildman–Crippen LogP) is 4.34. The summed E-state index contributed by atoms with van der Waals surface area (Å²) < 4.78 is 30.3. The van der Waals surface area contributed by atoms with Crippen molar-refractivity contribution in [2.45, 2.75) is 31.8 Å². The fraction of sp³-hybridized carbons (Fsp3) is 0.174. The molecule has 0 aliphatic heterocycles. The number of hydrogen-bond donors (Lipinski definition) is 2. The average Bonchev–Trinajstić information content (AvgIpc) is 2.77. The number of aromatic nitrogens is 2. The van der Waals surface area contributed by atoms with Crippen LogP contribution in [0.2, 0.25) is 5.15 Å². The van der Waals surface area contributed by atoms with Crippen molar-refractivity contribution >= 4 is 38.3 Å². The molecule has 0 bridgehead atoms. The highest BCUT2D eigenvalue weighted by molar-refractivity contribution is 7.89. The normalized spacial score (nSPS) is 12.6. The summed E-state index contributed by atoms with van der Waals surface area (Å²) in [6.07, 6.45) is 1.63. The van der Waals surface area contributed by atoms with Gasteiger partial charge in [0, 0.05) is 17.3 Å². The summed E-state index contributed by atoms with van der Waals surface area (Å²) in [6.45, 7) is 5.39. The number of aryl methyl sites for hydroxylation is 1. The minimum absolute atomic E-state index is 0.000270. The highest BCUT2D eigenvalue weighted by atomic mass is 35.5.